The molecule has 1 aromatic rings. The lowest BCUT2D eigenvalue weighted by Crippen LogP contribution is -2.36. The SMILES string of the molecule is NCC(=O)NC(=O)c1nc(C2CNCCO2)ccc1O. The molecule has 1 aliphatic rings. The van der Waals surface area contributed by atoms with E-state index in [9.17, 15) is 14.7 Å². The van der Waals surface area contributed by atoms with E-state index in [2.05, 4.69) is 10.3 Å². The van der Waals surface area contributed by atoms with Crippen LogP contribution in [-0.4, -0.2) is 48.1 Å². The third-order valence-electron chi connectivity index (χ3n) is 2.81. The van der Waals surface area contributed by atoms with Gasteiger partial charge in [0, 0.05) is 13.1 Å². The van der Waals surface area contributed by atoms with Gasteiger partial charge in [-0.05, 0) is 12.1 Å². The highest BCUT2D eigenvalue weighted by atomic mass is 16.5. The molecule has 0 aliphatic carbocycles. The second-order valence-electron chi connectivity index (χ2n) is 4.25. The maximum Gasteiger partial charge on any atom is 0.280 e. The van der Waals surface area contributed by atoms with Gasteiger partial charge < -0.3 is 20.9 Å². The molecule has 2 heterocycles. The lowest BCUT2D eigenvalue weighted by molar-refractivity contribution is -0.118. The number of nitrogens with one attached hydrogen (secondary N) is 2. The van der Waals surface area contributed by atoms with E-state index in [0.29, 0.717) is 18.8 Å². The van der Waals surface area contributed by atoms with Crippen LogP contribution in [0.1, 0.15) is 22.3 Å². The van der Waals surface area contributed by atoms with E-state index < -0.39 is 11.8 Å². The maximum absolute atomic E-state index is 11.8. The van der Waals surface area contributed by atoms with Crippen LogP contribution in [0.2, 0.25) is 0 Å². The number of nitrogens with zero attached hydrogens (tertiary/aromatic N) is 1. The normalized spacial score (nSPS) is 18.6. The molecule has 1 saturated heterocycles. The van der Waals surface area contributed by atoms with Gasteiger partial charge in [0.2, 0.25) is 5.91 Å². The molecule has 1 aromatic heterocycles. The van der Waals surface area contributed by atoms with Crippen LogP contribution in [0.25, 0.3) is 0 Å². The molecule has 1 fully saturated rings. The predicted octanol–water partition coefficient (Wildman–Crippen LogP) is -1.34. The minimum atomic E-state index is -0.788. The van der Waals surface area contributed by atoms with Gasteiger partial charge in [-0.3, -0.25) is 14.9 Å². The number of imide groups is 1. The zero-order valence-corrected chi connectivity index (χ0v) is 10.8. The summed E-state index contributed by atoms with van der Waals surface area (Å²) < 4.78 is 5.52. The van der Waals surface area contributed by atoms with Crippen molar-refractivity contribution in [2.24, 2.45) is 5.73 Å². The Balaban J connectivity index is 2.19. The molecule has 1 atom stereocenters. The van der Waals surface area contributed by atoms with Crippen LogP contribution in [0.4, 0.5) is 0 Å². The molecule has 5 N–H and O–H groups in total. The van der Waals surface area contributed by atoms with Crippen molar-refractivity contribution in [3.63, 3.8) is 0 Å². The molecule has 0 aromatic carbocycles. The van der Waals surface area contributed by atoms with Crippen LogP contribution in [0.15, 0.2) is 12.1 Å². The second kappa shape index (κ2) is 6.42. The van der Waals surface area contributed by atoms with Crippen molar-refractivity contribution in [2.75, 3.05) is 26.2 Å². The molecule has 2 rings (SSSR count). The molecular weight excluding hydrogens is 264 g/mol. The first-order chi connectivity index (χ1) is 9.61. The van der Waals surface area contributed by atoms with Crippen molar-refractivity contribution in [3.05, 3.63) is 23.5 Å². The molecule has 0 bridgehead atoms. The Hall–Kier alpha value is -2.03. The highest BCUT2D eigenvalue weighted by Crippen LogP contribution is 2.21. The number of pyridine rings is 1. The monoisotopic (exact) mass is 280 g/mol. The van der Waals surface area contributed by atoms with Crippen molar-refractivity contribution >= 4 is 11.8 Å². The topological polar surface area (TPSA) is 127 Å². The molecular formula is C12H16N4O4. The van der Waals surface area contributed by atoms with Gasteiger partial charge in [-0.15, -0.1) is 0 Å². The predicted molar refractivity (Wildman–Crippen MR) is 69.0 cm³/mol. The number of aromatic nitrogens is 1. The molecule has 0 saturated carbocycles. The first-order valence-electron chi connectivity index (χ1n) is 6.18. The van der Waals surface area contributed by atoms with Crippen molar-refractivity contribution in [3.8, 4) is 5.75 Å². The number of ether oxygens (including phenoxy) is 1. The van der Waals surface area contributed by atoms with Crippen LogP contribution >= 0.6 is 0 Å². The largest absolute Gasteiger partial charge is 0.505 e. The molecule has 20 heavy (non-hydrogen) atoms. The van der Waals surface area contributed by atoms with Gasteiger partial charge in [-0.1, -0.05) is 0 Å². The molecule has 108 valence electrons. The molecule has 1 unspecified atom stereocenters. The summed E-state index contributed by atoms with van der Waals surface area (Å²) in [5.74, 6) is -1.74. The van der Waals surface area contributed by atoms with Gasteiger partial charge in [0.1, 0.15) is 11.9 Å². The second-order valence-corrected chi connectivity index (χ2v) is 4.25. The lowest BCUT2D eigenvalue weighted by atomic mass is 10.1. The summed E-state index contributed by atoms with van der Waals surface area (Å²) in [6, 6.07) is 2.93. The van der Waals surface area contributed by atoms with Crippen LogP contribution in [-0.2, 0) is 9.53 Å². The number of morpholine rings is 1. The number of amides is 2. The lowest BCUT2D eigenvalue weighted by Gasteiger charge is -2.23. The Kier molecular flexibility index (Phi) is 4.61. The van der Waals surface area contributed by atoms with E-state index in [0.717, 1.165) is 6.54 Å². The number of rotatable bonds is 3. The van der Waals surface area contributed by atoms with E-state index in [1.165, 1.54) is 6.07 Å². The molecule has 0 spiro atoms. The summed E-state index contributed by atoms with van der Waals surface area (Å²) in [4.78, 5) is 27.0. The summed E-state index contributed by atoms with van der Waals surface area (Å²) in [5.41, 5.74) is 5.40. The number of carbonyl (C=O) groups is 2. The quantitative estimate of drug-likeness (QED) is 0.540. The number of aromatic hydroxyl groups is 1. The molecule has 1 aliphatic heterocycles. The third kappa shape index (κ3) is 3.29. The minimum absolute atomic E-state index is 0.224. The zero-order chi connectivity index (χ0) is 14.5. The number of carbonyl (C=O) groups excluding carboxylic acids is 2. The van der Waals surface area contributed by atoms with Crippen molar-refractivity contribution in [1.82, 2.24) is 15.6 Å². The average Bonchev–Trinajstić information content (AvgIpc) is 2.48. The van der Waals surface area contributed by atoms with E-state index in [-0.39, 0.29) is 24.1 Å². The molecule has 2 amide bonds. The van der Waals surface area contributed by atoms with Crippen LogP contribution in [0, 0.1) is 0 Å². The number of hydrogen-bond acceptors (Lipinski definition) is 7. The summed E-state index contributed by atoms with van der Waals surface area (Å²) in [6.07, 6.45) is -0.291. The molecule has 0 radical (unpaired) electrons. The summed E-state index contributed by atoms with van der Waals surface area (Å²) >= 11 is 0. The smallest absolute Gasteiger partial charge is 0.280 e. The Morgan fingerprint density at radius 2 is 2.35 bits per heavy atom. The van der Waals surface area contributed by atoms with Gasteiger partial charge in [0.05, 0.1) is 18.8 Å². The average molecular weight is 280 g/mol. The maximum atomic E-state index is 11.8. The summed E-state index contributed by atoms with van der Waals surface area (Å²) in [5, 5.41) is 14.8. The fraction of sp³-hybridized carbons (Fsp3) is 0.417. The minimum Gasteiger partial charge on any atom is -0.505 e. The number of nitrogens with two attached hydrogens (primary N) is 1. The highest BCUT2D eigenvalue weighted by Gasteiger charge is 2.21. The Morgan fingerprint density at radius 1 is 1.55 bits per heavy atom. The summed E-state index contributed by atoms with van der Waals surface area (Å²) in [7, 11) is 0. The summed E-state index contributed by atoms with van der Waals surface area (Å²) in [6.45, 7) is 1.55. The van der Waals surface area contributed by atoms with Gasteiger partial charge in [-0.25, -0.2) is 4.98 Å². The third-order valence-corrected chi connectivity index (χ3v) is 2.81. The fourth-order valence-electron chi connectivity index (χ4n) is 1.81. The van der Waals surface area contributed by atoms with Gasteiger partial charge in [0.25, 0.3) is 5.91 Å². The number of hydrogen-bond donors (Lipinski definition) is 4. The van der Waals surface area contributed by atoms with Crippen molar-refractivity contribution in [2.45, 2.75) is 6.10 Å². The first kappa shape index (κ1) is 14.4. The van der Waals surface area contributed by atoms with Crippen LogP contribution in [0.3, 0.4) is 0 Å². The van der Waals surface area contributed by atoms with E-state index in [4.69, 9.17) is 10.5 Å². The Bertz CT molecular complexity index is 514. The highest BCUT2D eigenvalue weighted by molar-refractivity contribution is 6.05. The van der Waals surface area contributed by atoms with Gasteiger partial charge >= 0.3 is 0 Å². The fourth-order valence-corrected chi connectivity index (χ4v) is 1.81. The standard InChI is InChI=1S/C12H16N4O4/c13-5-10(18)16-12(19)11-8(17)2-1-7(15-11)9-6-14-3-4-20-9/h1-2,9,14,17H,3-6,13H2,(H,16,18,19). The van der Waals surface area contributed by atoms with E-state index in [1.54, 1.807) is 6.07 Å². The van der Waals surface area contributed by atoms with Gasteiger partial charge in [-0.2, -0.15) is 0 Å². The Labute approximate surface area is 115 Å². The Morgan fingerprint density at radius 3 is 3.00 bits per heavy atom. The van der Waals surface area contributed by atoms with Crippen LogP contribution < -0.4 is 16.4 Å². The van der Waals surface area contributed by atoms with E-state index >= 15 is 0 Å². The van der Waals surface area contributed by atoms with Gasteiger partial charge in [0.15, 0.2) is 5.69 Å². The molecule has 8 nitrogen and oxygen atoms in total. The van der Waals surface area contributed by atoms with Crippen LogP contribution in [0.5, 0.6) is 5.75 Å². The van der Waals surface area contributed by atoms with E-state index in [1.807, 2.05) is 5.32 Å². The first-order valence-corrected chi connectivity index (χ1v) is 6.18. The van der Waals surface area contributed by atoms with Crippen molar-refractivity contribution in [1.29, 1.82) is 0 Å². The zero-order valence-electron chi connectivity index (χ0n) is 10.8. The van der Waals surface area contributed by atoms with Crippen molar-refractivity contribution < 1.29 is 19.4 Å². The molecule has 8 heteroatoms.